The standard InChI is InChI=1S/C14H19NO4/c1-14(2)6-9(7-15)11-4-3-10(5-12(11)19-14)18-8-13(16)17/h3-5,9H,6-8,15H2,1-2H3,(H,16,17). The zero-order chi connectivity index (χ0) is 14.0. The number of nitrogens with two attached hydrogens (primary N) is 1. The van der Waals surface area contributed by atoms with Crippen LogP contribution < -0.4 is 15.2 Å². The average molecular weight is 265 g/mol. The third-order valence-corrected chi connectivity index (χ3v) is 3.20. The summed E-state index contributed by atoms with van der Waals surface area (Å²) in [6.45, 7) is 4.24. The molecule has 0 aromatic heterocycles. The fourth-order valence-corrected chi connectivity index (χ4v) is 2.43. The van der Waals surface area contributed by atoms with Crippen LogP contribution >= 0.6 is 0 Å². The summed E-state index contributed by atoms with van der Waals surface area (Å²) in [5.74, 6) is 0.482. The Kier molecular flexibility index (Phi) is 3.66. The number of aliphatic carboxylic acids is 1. The maximum absolute atomic E-state index is 10.5. The number of rotatable bonds is 4. The maximum atomic E-state index is 10.5. The van der Waals surface area contributed by atoms with Crippen LogP contribution in [0.4, 0.5) is 0 Å². The minimum absolute atomic E-state index is 0.257. The van der Waals surface area contributed by atoms with Crippen molar-refractivity contribution in [3.63, 3.8) is 0 Å². The molecule has 1 unspecified atom stereocenters. The van der Waals surface area contributed by atoms with Crippen molar-refractivity contribution >= 4 is 5.97 Å². The van der Waals surface area contributed by atoms with Gasteiger partial charge in [0.25, 0.3) is 0 Å². The number of carboxylic acids is 1. The molecule has 5 nitrogen and oxygen atoms in total. The first-order valence-electron chi connectivity index (χ1n) is 6.29. The van der Waals surface area contributed by atoms with Crippen molar-refractivity contribution in [2.45, 2.75) is 31.8 Å². The van der Waals surface area contributed by atoms with Crippen molar-refractivity contribution in [3.8, 4) is 11.5 Å². The zero-order valence-corrected chi connectivity index (χ0v) is 11.2. The minimum atomic E-state index is -1.00. The molecule has 1 aromatic rings. The van der Waals surface area contributed by atoms with E-state index in [4.69, 9.17) is 20.3 Å². The van der Waals surface area contributed by atoms with Crippen LogP contribution in [0.1, 0.15) is 31.7 Å². The Morgan fingerprint density at radius 3 is 2.95 bits per heavy atom. The molecular formula is C14H19NO4. The Balaban J connectivity index is 2.25. The molecule has 2 rings (SSSR count). The van der Waals surface area contributed by atoms with Crippen molar-refractivity contribution in [2.75, 3.05) is 13.2 Å². The van der Waals surface area contributed by atoms with Gasteiger partial charge in [-0.2, -0.15) is 0 Å². The van der Waals surface area contributed by atoms with Gasteiger partial charge in [-0.15, -0.1) is 0 Å². The normalized spacial score (nSPS) is 20.3. The third-order valence-electron chi connectivity index (χ3n) is 3.20. The summed E-state index contributed by atoms with van der Waals surface area (Å²) < 4.78 is 11.1. The number of carbonyl (C=O) groups is 1. The van der Waals surface area contributed by atoms with Gasteiger partial charge in [0, 0.05) is 12.0 Å². The van der Waals surface area contributed by atoms with E-state index in [0.717, 1.165) is 17.7 Å². The Morgan fingerprint density at radius 1 is 1.58 bits per heavy atom. The van der Waals surface area contributed by atoms with E-state index < -0.39 is 5.97 Å². The highest BCUT2D eigenvalue weighted by atomic mass is 16.5. The molecule has 0 radical (unpaired) electrons. The summed E-state index contributed by atoms with van der Waals surface area (Å²) in [6, 6.07) is 5.40. The molecule has 1 aliphatic rings. The molecule has 0 aliphatic carbocycles. The van der Waals surface area contributed by atoms with Crippen LogP contribution in [-0.2, 0) is 4.79 Å². The van der Waals surface area contributed by atoms with E-state index in [9.17, 15) is 4.79 Å². The summed E-state index contributed by atoms with van der Waals surface area (Å²) in [5.41, 5.74) is 6.60. The van der Waals surface area contributed by atoms with E-state index in [0.29, 0.717) is 12.3 Å². The van der Waals surface area contributed by atoms with Crippen LogP contribution in [0.5, 0.6) is 11.5 Å². The first-order valence-corrected chi connectivity index (χ1v) is 6.29. The lowest BCUT2D eigenvalue weighted by atomic mass is 9.84. The number of fused-ring (bicyclic) bond motifs is 1. The molecule has 1 atom stereocenters. The van der Waals surface area contributed by atoms with Crippen molar-refractivity contribution in [2.24, 2.45) is 5.73 Å². The van der Waals surface area contributed by atoms with Crippen LogP contribution in [0.2, 0.25) is 0 Å². The monoisotopic (exact) mass is 265 g/mol. The van der Waals surface area contributed by atoms with E-state index >= 15 is 0 Å². The third kappa shape index (κ3) is 3.17. The number of hydrogen-bond donors (Lipinski definition) is 2. The van der Waals surface area contributed by atoms with Crippen LogP contribution in [0.25, 0.3) is 0 Å². The minimum Gasteiger partial charge on any atom is -0.487 e. The highest BCUT2D eigenvalue weighted by Crippen LogP contribution is 2.41. The SMILES string of the molecule is CC1(C)CC(CN)c2ccc(OCC(=O)O)cc2O1. The van der Waals surface area contributed by atoms with Crippen molar-refractivity contribution in [1.29, 1.82) is 0 Å². The van der Waals surface area contributed by atoms with Gasteiger partial charge in [-0.25, -0.2) is 4.79 Å². The van der Waals surface area contributed by atoms with Crippen LogP contribution in [0.15, 0.2) is 18.2 Å². The summed E-state index contributed by atoms with van der Waals surface area (Å²) in [7, 11) is 0. The summed E-state index contributed by atoms with van der Waals surface area (Å²) in [4.78, 5) is 10.5. The highest BCUT2D eigenvalue weighted by Gasteiger charge is 2.33. The summed E-state index contributed by atoms with van der Waals surface area (Å²) >= 11 is 0. The van der Waals surface area contributed by atoms with Gasteiger partial charge in [0.2, 0.25) is 0 Å². The predicted molar refractivity (Wildman–Crippen MR) is 70.7 cm³/mol. The van der Waals surface area contributed by atoms with Crippen molar-refractivity contribution < 1.29 is 19.4 Å². The van der Waals surface area contributed by atoms with Gasteiger partial charge in [-0.1, -0.05) is 6.07 Å². The fourth-order valence-electron chi connectivity index (χ4n) is 2.43. The van der Waals surface area contributed by atoms with Gasteiger partial charge in [-0.3, -0.25) is 0 Å². The fraction of sp³-hybridized carbons (Fsp3) is 0.500. The lowest BCUT2D eigenvalue weighted by molar-refractivity contribution is -0.139. The molecule has 104 valence electrons. The number of benzene rings is 1. The zero-order valence-electron chi connectivity index (χ0n) is 11.2. The van der Waals surface area contributed by atoms with Gasteiger partial charge < -0.3 is 20.3 Å². The average Bonchev–Trinajstić information content (AvgIpc) is 2.33. The van der Waals surface area contributed by atoms with Gasteiger partial charge in [0.1, 0.15) is 17.1 Å². The molecule has 1 aromatic carbocycles. The second kappa shape index (κ2) is 5.09. The van der Waals surface area contributed by atoms with Crippen molar-refractivity contribution in [1.82, 2.24) is 0 Å². The molecule has 1 heterocycles. The summed E-state index contributed by atoms with van der Waals surface area (Å²) in [5, 5.41) is 8.60. The number of hydrogen-bond acceptors (Lipinski definition) is 4. The molecule has 0 saturated carbocycles. The van der Waals surface area contributed by atoms with Crippen LogP contribution in [0, 0.1) is 0 Å². The molecule has 3 N–H and O–H groups in total. The molecule has 0 saturated heterocycles. The highest BCUT2D eigenvalue weighted by molar-refractivity contribution is 5.68. The molecule has 0 spiro atoms. The smallest absolute Gasteiger partial charge is 0.341 e. The molecule has 1 aliphatic heterocycles. The van der Waals surface area contributed by atoms with E-state index in [1.54, 1.807) is 12.1 Å². The Bertz CT molecular complexity index is 484. The lowest BCUT2D eigenvalue weighted by Gasteiger charge is -2.37. The Morgan fingerprint density at radius 2 is 2.32 bits per heavy atom. The lowest BCUT2D eigenvalue weighted by Crippen LogP contribution is -2.36. The van der Waals surface area contributed by atoms with Gasteiger partial charge in [0.05, 0.1) is 0 Å². The molecule has 5 heteroatoms. The Labute approximate surface area is 112 Å². The van der Waals surface area contributed by atoms with Gasteiger partial charge in [0.15, 0.2) is 6.61 Å². The largest absolute Gasteiger partial charge is 0.487 e. The second-order valence-corrected chi connectivity index (χ2v) is 5.38. The van der Waals surface area contributed by atoms with Crippen LogP contribution in [0.3, 0.4) is 0 Å². The molecule has 0 fully saturated rings. The topological polar surface area (TPSA) is 81.8 Å². The Hall–Kier alpha value is -1.75. The van der Waals surface area contributed by atoms with Crippen LogP contribution in [-0.4, -0.2) is 29.8 Å². The van der Waals surface area contributed by atoms with Gasteiger partial charge >= 0.3 is 5.97 Å². The molecular weight excluding hydrogens is 246 g/mol. The molecule has 19 heavy (non-hydrogen) atoms. The quantitative estimate of drug-likeness (QED) is 0.866. The first-order chi connectivity index (χ1) is 8.91. The summed E-state index contributed by atoms with van der Waals surface area (Å²) in [6.07, 6.45) is 0.867. The maximum Gasteiger partial charge on any atom is 0.341 e. The molecule has 0 bridgehead atoms. The van der Waals surface area contributed by atoms with E-state index in [-0.39, 0.29) is 18.1 Å². The second-order valence-electron chi connectivity index (χ2n) is 5.38. The van der Waals surface area contributed by atoms with Gasteiger partial charge in [-0.05, 0) is 38.4 Å². The predicted octanol–water partition coefficient (Wildman–Crippen LogP) is 1.75. The number of ether oxygens (including phenoxy) is 2. The van der Waals surface area contributed by atoms with E-state index in [1.165, 1.54) is 0 Å². The van der Waals surface area contributed by atoms with E-state index in [2.05, 4.69) is 0 Å². The molecule has 0 amide bonds. The first kappa shape index (κ1) is 13.7. The van der Waals surface area contributed by atoms with E-state index in [1.807, 2.05) is 19.9 Å². The number of carboxylic acid groups (broad SMARTS) is 1. The van der Waals surface area contributed by atoms with Crippen molar-refractivity contribution in [3.05, 3.63) is 23.8 Å².